The highest BCUT2D eigenvalue weighted by Crippen LogP contribution is 1.90. The molecule has 0 aromatic carbocycles. The fraction of sp³-hybridized carbons (Fsp3) is 1.00. The van der Waals surface area contributed by atoms with Gasteiger partial charge in [-0.3, -0.25) is 0 Å². The van der Waals surface area contributed by atoms with Crippen molar-refractivity contribution in [1.82, 2.24) is 5.01 Å². The molecular formula is C5H12ClN3O2. The van der Waals surface area contributed by atoms with Crippen molar-refractivity contribution in [2.75, 3.05) is 19.2 Å². The van der Waals surface area contributed by atoms with Crippen LogP contribution in [-0.2, 0) is 4.84 Å². The molecule has 0 aliphatic rings. The predicted octanol–water partition coefficient (Wildman–Crippen LogP) is 1.33. The highest BCUT2D eigenvalue weighted by Gasteiger charge is 2.05. The van der Waals surface area contributed by atoms with Gasteiger partial charge >= 0.3 is 0 Å². The number of hydrogen-bond donors (Lipinski definition) is 0. The number of alkyl halides is 1. The van der Waals surface area contributed by atoms with E-state index in [9.17, 15) is 5.21 Å². The Bertz CT molecular complexity index is 127. The molecule has 0 unspecified atom stereocenters. The van der Waals surface area contributed by atoms with Crippen LogP contribution in [-0.4, -0.2) is 29.1 Å². The Kier molecular flexibility index (Phi) is 5.64. The van der Waals surface area contributed by atoms with Crippen LogP contribution in [0.4, 0.5) is 0 Å². The van der Waals surface area contributed by atoms with Crippen molar-refractivity contribution in [3.63, 3.8) is 0 Å². The second kappa shape index (κ2) is 6.03. The molecule has 0 heterocycles. The SMILES string of the molecule is CCN(CC)/[N+]([O-])=N\OCCl. The molecule has 5 nitrogen and oxygen atoms in total. The second-order valence-corrected chi connectivity index (χ2v) is 1.93. The van der Waals surface area contributed by atoms with Gasteiger partial charge in [-0.2, -0.15) is 0 Å². The lowest BCUT2D eigenvalue weighted by Crippen LogP contribution is -2.30. The standard InChI is InChI=1S/C5H12ClN3O2/c1-3-8(4-2)9(10)7-11-5-6/h3-5H2,1-2H3/b9-7+. The Labute approximate surface area is 70.7 Å². The summed E-state index contributed by atoms with van der Waals surface area (Å²) >= 11 is 5.14. The Hall–Kier alpha value is -0.710. The summed E-state index contributed by atoms with van der Waals surface area (Å²) in [5.41, 5.74) is 0. The van der Waals surface area contributed by atoms with E-state index in [4.69, 9.17) is 11.6 Å². The number of rotatable bonds is 5. The summed E-state index contributed by atoms with van der Waals surface area (Å²) < 4.78 is 0. The van der Waals surface area contributed by atoms with Gasteiger partial charge in [0.1, 0.15) is 0 Å². The van der Waals surface area contributed by atoms with Gasteiger partial charge in [-0.1, -0.05) is 11.6 Å². The summed E-state index contributed by atoms with van der Waals surface area (Å²) in [7, 11) is 0. The van der Waals surface area contributed by atoms with Crippen LogP contribution in [0.3, 0.4) is 0 Å². The lowest BCUT2D eigenvalue weighted by atomic mass is 10.6. The molecule has 11 heavy (non-hydrogen) atoms. The van der Waals surface area contributed by atoms with Crippen LogP contribution < -0.4 is 0 Å². The van der Waals surface area contributed by atoms with E-state index in [0.717, 1.165) is 0 Å². The summed E-state index contributed by atoms with van der Waals surface area (Å²) in [6.45, 7) is 4.89. The van der Waals surface area contributed by atoms with Crippen LogP contribution in [0.25, 0.3) is 0 Å². The molecule has 0 fully saturated rings. The van der Waals surface area contributed by atoms with Gasteiger partial charge in [-0.15, -0.1) is 5.01 Å². The van der Waals surface area contributed by atoms with Gasteiger partial charge in [0.15, 0.2) is 6.07 Å². The summed E-state index contributed by atoms with van der Waals surface area (Å²) in [6, 6.07) is -0.111. The first-order valence-corrected chi connectivity index (χ1v) is 3.90. The van der Waals surface area contributed by atoms with Crippen molar-refractivity contribution in [1.29, 1.82) is 0 Å². The van der Waals surface area contributed by atoms with E-state index >= 15 is 0 Å². The monoisotopic (exact) mass is 181 g/mol. The van der Waals surface area contributed by atoms with Gasteiger partial charge in [0.2, 0.25) is 5.28 Å². The number of halogens is 1. The highest BCUT2D eigenvalue weighted by molar-refractivity contribution is 6.17. The molecule has 0 rings (SSSR count). The van der Waals surface area contributed by atoms with Crippen LogP contribution in [0.15, 0.2) is 5.28 Å². The van der Waals surface area contributed by atoms with Crippen molar-refractivity contribution < 1.29 is 9.81 Å². The van der Waals surface area contributed by atoms with Gasteiger partial charge in [-0.25, -0.2) is 0 Å². The van der Waals surface area contributed by atoms with Gasteiger partial charge < -0.3 is 10.0 Å². The first kappa shape index (κ1) is 10.3. The Balaban J connectivity index is 3.85. The van der Waals surface area contributed by atoms with Crippen molar-refractivity contribution in [2.24, 2.45) is 5.28 Å². The van der Waals surface area contributed by atoms with E-state index in [1.165, 1.54) is 5.01 Å². The molecule has 0 spiro atoms. The molecule has 0 N–H and O–H groups in total. The second-order valence-electron chi connectivity index (χ2n) is 1.71. The molecule has 0 saturated carbocycles. The molecule has 0 amide bonds. The van der Waals surface area contributed by atoms with Crippen LogP contribution >= 0.6 is 11.6 Å². The summed E-state index contributed by atoms with van der Waals surface area (Å²) in [6.07, 6.45) is 0. The summed E-state index contributed by atoms with van der Waals surface area (Å²) in [5, 5.41) is 15.5. The average molecular weight is 182 g/mol. The third kappa shape index (κ3) is 3.87. The summed E-state index contributed by atoms with van der Waals surface area (Å²) in [5.74, 6) is 0. The number of nitrogens with zero attached hydrogens (tertiary/aromatic N) is 3. The maximum Gasteiger partial charge on any atom is 0.234 e. The maximum atomic E-state index is 10.9. The molecule has 0 aromatic rings. The van der Waals surface area contributed by atoms with E-state index in [2.05, 4.69) is 10.1 Å². The smallest absolute Gasteiger partial charge is 0.234 e. The van der Waals surface area contributed by atoms with Gasteiger partial charge in [0.05, 0.1) is 18.1 Å². The number of hydrogen-bond acceptors (Lipinski definition) is 3. The predicted molar refractivity (Wildman–Crippen MR) is 40.8 cm³/mol. The van der Waals surface area contributed by atoms with Gasteiger partial charge in [-0.05, 0) is 13.8 Å². The minimum Gasteiger partial charge on any atom is -0.569 e. The van der Waals surface area contributed by atoms with Crippen LogP contribution in [0.5, 0.6) is 0 Å². The third-order valence-electron chi connectivity index (χ3n) is 1.15. The van der Waals surface area contributed by atoms with Crippen molar-refractivity contribution >= 4 is 11.6 Å². The number of hydrazine groups is 1. The highest BCUT2D eigenvalue weighted by atomic mass is 35.5. The van der Waals surface area contributed by atoms with E-state index in [1.807, 2.05) is 13.8 Å². The zero-order chi connectivity index (χ0) is 8.69. The first-order valence-electron chi connectivity index (χ1n) is 3.37. The Morgan fingerprint density at radius 2 is 2.09 bits per heavy atom. The zero-order valence-electron chi connectivity index (χ0n) is 6.66. The summed E-state index contributed by atoms with van der Waals surface area (Å²) in [4.78, 5) is 4.73. The Morgan fingerprint density at radius 1 is 1.55 bits per heavy atom. The zero-order valence-corrected chi connectivity index (χ0v) is 7.41. The molecule has 0 radical (unpaired) electrons. The van der Waals surface area contributed by atoms with Gasteiger partial charge in [0.25, 0.3) is 0 Å². The molecule has 0 bridgehead atoms. The fourth-order valence-corrected chi connectivity index (χ4v) is 0.632. The lowest BCUT2D eigenvalue weighted by Gasteiger charge is -2.12. The molecule has 0 aromatic heterocycles. The molecule has 0 saturated heterocycles. The molecule has 0 aliphatic heterocycles. The topological polar surface area (TPSA) is 50.9 Å². The largest absolute Gasteiger partial charge is 0.569 e. The van der Waals surface area contributed by atoms with E-state index in [0.29, 0.717) is 18.1 Å². The molecular weight excluding hydrogens is 170 g/mol. The quantitative estimate of drug-likeness (QED) is 0.278. The minimum absolute atomic E-state index is 0.111. The first-order chi connectivity index (χ1) is 5.26. The minimum atomic E-state index is -0.111. The fourth-order valence-electron chi connectivity index (χ4n) is 0.588. The van der Waals surface area contributed by atoms with E-state index in [1.54, 1.807) is 0 Å². The van der Waals surface area contributed by atoms with Crippen molar-refractivity contribution in [3.05, 3.63) is 5.21 Å². The van der Waals surface area contributed by atoms with Crippen molar-refractivity contribution in [3.8, 4) is 0 Å². The maximum absolute atomic E-state index is 10.9. The molecule has 0 aliphatic carbocycles. The Morgan fingerprint density at radius 3 is 2.45 bits per heavy atom. The van der Waals surface area contributed by atoms with E-state index < -0.39 is 0 Å². The lowest BCUT2D eigenvalue weighted by molar-refractivity contribution is -0.709. The molecule has 6 heteroatoms. The van der Waals surface area contributed by atoms with E-state index in [-0.39, 0.29) is 6.07 Å². The normalized spacial score (nSPS) is 11.4. The van der Waals surface area contributed by atoms with Crippen LogP contribution in [0, 0.1) is 5.21 Å². The third-order valence-corrected chi connectivity index (χ3v) is 1.25. The molecule has 66 valence electrons. The van der Waals surface area contributed by atoms with Crippen molar-refractivity contribution in [2.45, 2.75) is 13.8 Å². The van der Waals surface area contributed by atoms with Crippen LogP contribution in [0.2, 0.25) is 0 Å². The molecule has 0 atom stereocenters. The van der Waals surface area contributed by atoms with Gasteiger partial charge in [0, 0.05) is 0 Å². The average Bonchev–Trinajstić information content (AvgIpc) is 2.03. The van der Waals surface area contributed by atoms with Crippen LogP contribution in [0.1, 0.15) is 13.8 Å².